The van der Waals surface area contributed by atoms with Gasteiger partial charge in [-0.1, -0.05) is 38.5 Å². The first-order chi connectivity index (χ1) is 7.34. The molecule has 1 nitrogen and oxygen atoms in total. The van der Waals surface area contributed by atoms with Crippen LogP contribution in [0.2, 0.25) is 0 Å². The lowest BCUT2D eigenvalue weighted by Gasteiger charge is -2.20. The second-order valence-corrected chi connectivity index (χ2v) is 4.79. The number of nitrogens with zero attached hydrogens (tertiary/aromatic N) is 1. The monoisotopic (exact) mass is 194 g/mol. The summed E-state index contributed by atoms with van der Waals surface area (Å²) in [6.07, 6.45) is 13.8. The van der Waals surface area contributed by atoms with Gasteiger partial charge in [-0.2, -0.15) is 0 Å². The second kappa shape index (κ2) is 5.53. The minimum atomic E-state index is 0.200. The molecule has 2 saturated carbocycles. The Hall–Kier alpha value is -0.330. The molecule has 0 amide bonds. The van der Waals surface area contributed by atoms with E-state index in [1.54, 1.807) is 0 Å². The van der Waals surface area contributed by atoms with Gasteiger partial charge in [0.15, 0.2) is 0 Å². The lowest BCUT2D eigenvalue weighted by molar-refractivity contribution is 0.427. The van der Waals surface area contributed by atoms with E-state index in [9.17, 15) is 0 Å². The van der Waals surface area contributed by atoms with Crippen molar-refractivity contribution in [2.75, 3.05) is 0 Å². The van der Waals surface area contributed by atoms with Crippen LogP contribution in [0.25, 0.3) is 0 Å². The minimum Gasteiger partial charge on any atom is -0.294 e. The van der Waals surface area contributed by atoms with Gasteiger partial charge in [0.2, 0.25) is 0 Å². The first-order valence-corrected chi connectivity index (χ1v) is 6.30. The number of rotatable bonds is 2. The fourth-order valence-electron chi connectivity index (χ4n) is 2.58. The fraction of sp³-hybridized carbons (Fsp3) is 0.923. The van der Waals surface area contributed by atoms with Crippen molar-refractivity contribution >= 4 is 6.21 Å². The fourth-order valence-corrected chi connectivity index (χ4v) is 2.58. The molecule has 0 heterocycles. The van der Waals surface area contributed by atoms with Gasteiger partial charge in [0.25, 0.3) is 0 Å². The minimum absolute atomic E-state index is 0.200. The average Bonchev–Trinajstić information content (AvgIpc) is 2.30. The van der Waals surface area contributed by atoms with E-state index < -0.39 is 0 Å². The van der Waals surface area contributed by atoms with E-state index in [0.29, 0.717) is 6.04 Å². The average molecular weight is 194 g/mol. The Morgan fingerprint density at radius 3 is 2.36 bits per heavy atom. The van der Waals surface area contributed by atoms with Gasteiger partial charge in [-0.05, 0) is 31.6 Å². The van der Waals surface area contributed by atoms with Crippen molar-refractivity contribution < 1.29 is 1.37 Å². The molecule has 2 aliphatic carbocycles. The van der Waals surface area contributed by atoms with Crippen molar-refractivity contribution in [1.82, 2.24) is 0 Å². The molecule has 80 valence electrons. The molecule has 2 aliphatic rings. The molecule has 0 unspecified atom stereocenters. The summed E-state index contributed by atoms with van der Waals surface area (Å²) in [6.45, 7) is 0. The van der Waals surface area contributed by atoms with Crippen LogP contribution in [-0.2, 0) is 0 Å². The van der Waals surface area contributed by atoms with E-state index in [2.05, 4.69) is 6.21 Å². The molecule has 0 atom stereocenters. The van der Waals surface area contributed by atoms with Crippen LogP contribution in [0.1, 0.15) is 65.6 Å². The molecule has 2 fully saturated rings. The topological polar surface area (TPSA) is 12.4 Å². The molecule has 0 radical (unpaired) electrons. The van der Waals surface area contributed by atoms with Crippen LogP contribution in [0.4, 0.5) is 0 Å². The summed E-state index contributed by atoms with van der Waals surface area (Å²) >= 11 is 0. The van der Waals surface area contributed by atoms with Crippen LogP contribution < -0.4 is 0 Å². The lowest BCUT2D eigenvalue weighted by Crippen LogP contribution is -2.13. The molecule has 0 N–H and O–H groups in total. The molecule has 14 heavy (non-hydrogen) atoms. The molecule has 0 spiro atoms. The second-order valence-electron chi connectivity index (χ2n) is 4.79. The van der Waals surface area contributed by atoms with Crippen LogP contribution in [0.5, 0.6) is 0 Å². The first kappa shape index (κ1) is 8.94. The number of hydrogen-bond donors (Lipinski definition) is 0. The van der Waals surface area contributed by atoms with Crippen molar-refractivity contribution in [2.24, 2.45) is 10.9 Å². The van der Waals surface area contributed by atoms with Crippen LogP contribution in [-0.4, -0.2) is 12.3 Å². The van der Waals surface area contributed by atoms with Crippen molar-refractivity contribution in [3.8, 4) is 0 Å². The van der Waals surface area contributed by atoms with Gasteiger partial charge in [-0.25, -0.2) is 0 Å². The van der Waals surface area contributed by atoms with E-state index in [-0.39, 0.29) is 6.40 Å². The SMILES string of the molecule is [2H]C1CCC(N=CC2CCCCC2)CC1. The Morgan fingerprint density at radius 2 is 1.64 bits per heavy atom. The summed E-state index contributed by atoms with van der Waals surface area (Å²) in [7, 11) is 0. The molecule has 0 aromatic heterocycles. The molecule has 2 rings (SSSR count). The number of hydrogen-bond acceptors (Lipinski definition) is 1. The molecule has 0 aromatic carbocycles. The van der Waals surface area contributed by atoms with Crippen molar-refractivity contribution in [3.05, 3.63) is 0 Å². The summed E-state index contributed by atoms with van der Waals surface area (Å²) in [5.41, 5.74) is 0. The molecule has 0 aromatic rings. The van der Waals surface area contributed by atoms with Crippen LogP contribution >= 0.6 is 0 Å². The Balaban J connectivity index is 1.73. The summed E-state index contributed by atoms with van der Waals surface area (Å²) in [5, 5.41) is 0. The third-order valence-corrected chi connectivity index (χ3v) is 3.57. The largest absolute Gasteiger partial charge is 0.294 e. The maximum absolute atomic E-state index is 7.64. The summed E-state index contributed by atoms with van der Waals surface area (Å²) in [4.78, 5) is 4.73. The predicted octanol–water partition coefficient (Wildman–Crippen LogP) is 3.97. The summed E-state index contributed by atoms with van der Waals surface area (Å²) in [6, 6.07) is 0.550. The van der Waals surface area contributed by atoms with Crippen LogP contribution in [0.3, 0.4) is 0 Å². The van der Waals surface area contributed by atoms with Crippen molar-refractivity contribution in [1.29, 1.82) is 0 Å². The maximum atomic E-state index is 7.64. The highest BCUT2D eigenvalue weighted by molar-refractivity contribution is 5.61. The van der Waals surface area contributed by atoms with Gasteiger partial charge in [-0.3, -0.25) is 4.99 Å². The van der Waals surface area contributed by atoms with Gasteiger partial charge >= 0.3 is 0 Å². The normalized spacial score (nSPS) is 37.3. The van der Waals surface area contributed by atoms with Crippen LogP contribution in [0.15, 0.2) is 4.99 Å². The third kappa shape index (κ3) is 3.11. The highest BCUT2D eigenvalue weighted by atomic mass is 14.8. The molecule has 0 saturated heterocycles. The zero-order valence-electron chi connectivity index (χ0n) is 10.1. The van der Waals surface area contributed by atoms with E-state index >= 15 is 0 Å². The third-order valence-electron chi connectivity index (χ3n) is 3.57. The Labute approximate surface area is 89.4 Å². The molecule has 1 heteroatoms. The van der Waals surface area contributed by atoms with Gasteiger partial charge in [0.1, 0.15) is 0 Å². The summed E-state index contributed by atoms with van der Waals surface area (Å²) < 4.78 is 7.64. The lowest BCUT2D eigenvalue weighted by atomic mass is 9.90. The zero-order valence-corrected chi connectivity index (χ0v) is 9.12. The summed E-state index contributed by atoms with van der Waals surface area (Å²) in [5.74, 6) is 0.771. The smallest absolute Gasteiger partial charge is 0.0495 e. The number of aliphatic imine (C=N–C) groups is 1. The zero-order chi connectivity index (χ0) is 10.5. The van der Waals surface area contributed by atoms with Crippen LogP contribution in [0, 0.1) is 5.92 Å². The molecule has 0 aliphatic heterocycles. The Morgan fingerprint density at radius 1 is 0.929 bits per heavy atom. The highest BCUT2D eigenvalue weighted by Crippen LogP contribution is 2.24. The predicted molar refractivity (Wildman–Crippen MR) is 61.9 cm³/mol. The Bertz CT molecular complexity index is 201. The van der Waals surface area contributed by atoms with Gasteiger partial charge < -0.3 is 0 Å². The molecular weight excluding hydrogens is 170 g/mol. The molecule has 0 bridgehead atoms. The van der Waals surface area contributed by atoms with Gasteiger partial charge in [-0.15, -0.1) is 0 Å². The standard InChI is InChI=1S/C13H23N/c1-3-7-12(8-4-1)11-14-13-9-5-2-6-10-13/h11-13H,1-10H2/i2D. The quantitative estimate of drug-likeness (QED) is 0.590. The van der Waals surface area contributed by atoms with E-state index in [1.165, 1.54) is 32.1 Å². The molecular formula is C13H23N. The van der Waals surface area contributed by atoms with E-state index in [0.717, 1.165) is 31.6 Å². The Kier molecular flexibility index (Phi) is 3.53. The first-order valence-electron chi connectivity index (χ1n) is 6.88. The van der Waals surface area contributed by atoms with Crippen molar-refractivity contribution in [3.63, 3.8) is 0 Å². The van der Waals surface area contributed by atoms with Gasteiger partial charge in [0, 0.05) is 13.6 Å². The maximum Gasteiger partial charge on any atom is 0.0495 e. The van der Waals surface area contributed by atoms with Gasteiger partial charge in [0.05, 0.1) is 0 Å². The van der Waals surface area contributed by atoms with E-state index in [4.69, 9.17) is 6.36 Å². The highest BCUT2D eigenvalue weighted by Gasteiger charge is 2.14. The van der Waals surface area contributed by atoms with E-state index in [1.807, 2.05) is 0 Å². The van der Waals surface area contributed by atoms with Crippen molar-refractivity contribution in [2.45, 2.75) is 70.2 Å².